The number of pyridine rings is 1. The van der Waals surface area contributed by atoms with E-state index >= 15 is 0 Å². The molecule has 5 nitrogen and oxygen atoms in total. The fourth-order valence-corrected chi connectivity index (χ4v) is 6.26. The molecule has 1 amide bonds. The highest BCUT2D eigenvalue weighted by atomic mass is 32.2. The second-order valence-corrected chi connectivity index (χ2v) is 13.7. The molecule has 0 radical (unpaired) electrons. The van der Waals surface area contributed by atoms with Gasteiger partial charge in [-0.1, -0.05) is 60.5 Å². The minimum Gasteiger partial charge on any atom is -0.507 e. The number of hydrogen-bond acceptors (Lipinski definition) is 5. The summed E-state index contributed by atoms with van der Waals surface area (Å²) in [5.41, 5.74) is 2.77. The van der Waals surface area contributed by atoms with Crippen LogP contribution in [0.2, 0.25) is 0 Å². The summed E-state index contributed by atoms with van der Waals surface area (Å²) in [6.07, 6.45) is 9.53. The maximum absolute atomic E-state index is 12.6. The maximum atomic E-state index is 12.6. The average Bonchev–Trinajstić information content (AvgIpc) is 2.82. The van der Waals surface area contributed by atoms with Crippen LogP contribution < -0.4 is 0 Å². The van der Waals surface area contributed by atoms with Gasteiger partial charge in [-0.2, -0.15) is 0 Å². The Morgan fingerprint density at radius 1 is 1.11 bits per heavy atom. The topological polar surface area (TPSA) is 62.7 Å². The fraction of sp³-hybridized carbons (Fsp3) is 0.613. The van der Waals surface area contributed by atoms with Gasteiger partial charge in [0.05, 0.1) is 6.10 Å². The van der Waals surface area contributed by atoms with Crippen molar-refractivity contribution in [2.75, 3.05) is 13.7 Å². The van der Waals surface area contributed by atoms with Crippen LogP contribution in [0.15, 0.2) is 41.6 Å². The van der Waals surface area contributed by atoms with Crippen molar-refractivity contribution in [3.05, 3.63) is 53.3 Å². The van der Waals surface area contributed by atoms with E-state index in [2.05, 4.69) is 58.7 Å². The minimum atomic E-state index is -0.139. The molecule has 2 aromatic rings. The third-order valence-corrected chi connectivity index (χ3v) is 8.41. The molecule has 1 aliphatic rings. The third kappa shape index (κ3) is 8.47. The molecule has 6 heteroatoms. The van der Waals surface area contributed by atoms with Crippen molar-refractivity contribution in [1.29, 1.82) is 0 Å². The zero-order chi connectivity index (χ0) is 27.2. The number of carbonyl (C=O) groups excluding carboxylic acids is 1. The van der Waals surface area contributed by atoms with Gasteiger partial charge in [0.2, 0.25) is 5.91 Å². The lowest BCUT2D eigenvalue weighted by molar-refractivity contribution is -0.130. The molecule has 1 aliphatic carbocycles. The van der Waals surface area contributed by atoms with E-state index < -0.39 is 0 Å². The van der Waals surface area contributed by atoms with Crippen molar-refractivity contribution >= 4 is 17.7 Å². The predicted molar refractivity (Wildman–Crippen MR) is 153 cm³/mol. The first-order chi connectivity index (χ1) is 17.4. The van der Waals surface area contributed by atoms with Crippen LogP contribution in [-0.2, 0) is 26.9 Å². The lowest BCUT2D eigenvalue weighted by Gasteiger charge is -2.33. The van der Waals surface area contributed by atoms with Crippen molar-refractivity contribution in [2.24, 2.45) is 0 Å². The Morgan fingerprint density at radius 3 is 2.35 bits per heavy atom. The number of rotatable bonds is 9. The molecule has 1 fully saturated rings. The number of benzene rings is 1. The molecule has 0 saturated heterocycles. The van der Waals surface area contributed by atoms with Crippen molar-refractivity contribution in [3.8, 4) is 5.75 Å². The van der Waals surface area contributed by atoms with Gasteiger partial charge >= 0.3 is 0 Å². The van der Waals surface area contributed by atoms with Crippen molar-refractivity contribution in [2.45, 2.75) is 114 Å². The normalized spacial score (nSPS) is 18.6. The van der Waals surface area contributed by atoms with E-state index in [1.54, 1.807) is 17.3 Å². The molecule has 37 heavy (non-hydrogen) atoms. The van der Waals surface area contributed by atoms with Gasteiger partial charge in [-0.3, -0.25) is 9.78 Å². The third-order valence-electron chi connectivity index (χ3n) is 7.06. The number of thioether (sulfide) groups is 1. The molecule has 2 atom stereocenters. The van der Waals surface area contributed by atoms with Gasteiger partial charge in [-0.05, 0) is 53.9 Å². The van der Waals surface area contributed by atoms with Gasteiger partial charge in [0.15, 0.2) is 0 Å². The Hall–Kier alpha value is -2.05. The Labute approximate surface area is 228 Å². The first-order valence-electron chi connectivity index (χ1n) is 13.7. The van der Waals surface area contributed by atoms with Crippen molar-refractivity contribution in [3.63, 3.8) is 0 Å². The lowest BCUT2D eigenvalue weighted by atomic mass is 9.79. The Bertz CT molecular complexity index is 992. The highest BCUT2D eigenvalue weighted by Crippen LogP contribution is 2.44. The molecule has 0 unspecified atom stereocenters. The van der Waals surface area contributed by atoms with Crippen LogP contribution >= 0.6 is 11.8 Å². The van der Waals surface area contributed by atoms with Gasteiger partial charge in [0.25, 0.3) is 0 Å². The van der Waals surface area contributed by atoms with E-state index in [1.165, 1.54) is 17.7 Å². The predicted octanol–water partition coefficient (Wildman–Crippen LogP) is 7.24. The molecule has 0 spiro atoms. The number of ether oxygens (including phenoxy) is 1. The number of aromatic nitrogens is 1. The molecule has 0 aliphatic heterocycles. The number of nitrogens with zero attached hydrogens (tertiary/aromatic N) is 2. The Morgan fingerprint density at radius 2 is 1.76 bits per heavy atom. The number of phenolic OH excluding ortho intramolecular Hbond substituents is 1. The molecular weight excluding hydrogens is 480 g/mol. The van der Waals surface area contributed by atoms with Crippen LogP contribution in [0.1, 0.15) is 96.8 Å². The summed E-state index contributed by atoms with van der Waals surface area (Å²) in [6.45, 7) is 14.1. The quantitative estimate of drug-likeness (QED) is 0.349. The molecule has 1 aromatic heterocycles. The number of hydrogen-bond donors (Lipinski definition) is 1. The van der Waals surface area contributed by atoms with Gasteiger partial charge in [0.1, 0.15) is 5.75 Å². The average molecular weight is 527 g/mol. The van der Waals surface area contributed by atoms with Crippen molar-refractivity contribution < 1.29 is 14.6 Å². The highest BCUT2D eigenvalue weighted by Gasteiger charge is 2.30. The largest absolute Gasteiger partial charge is 0.507 e. The first-order valence-corrected chi connectivity index (χ1v) is 14.5. The number of amides is 1. The standard InChI is InChI=1S/C31H46N2O3S/c1-30(2,3)24-18-23(19-25(29(24)35)31(4,5)6)37-27-14-9-8-13-26(27)36-17-11-15-28(34)33(7)21-22-12-10-16-32-20-22/h10,12,16,18-20,26-27,35H,8-9,11,13-15,17,21H2,1-7H3/t26-,27-/m0/s1. The smallest absolute Gasteiger partial charge is 0.222 e. The first kappa shape index (κ1) is 29.5. The minimum absolute atomic E-state index is 0.135. The molecule has 0 bridgehead atoms. The summed E-state index contributed by atoms with van der Waals surface area (Å²) in [5, 5.41) is 11.5. The molecule has 204 valence electrons. The number of aromatic hydroxyl groups is 1. The summed E-state index contributed by atoms with van der Waals surface area (Å²) >= 11 is 1.90. The Balaban J connectivity index is 1.59. The van der Waals surface area contributed by atoms with Crippen LogP contribution in [0.5, 0.6) is 5.75 Å². The van der Waals surface area contributed by atoms with Gasteiger partial charge in [-0.25, -0.2) is 0 Å². The molecule has 1 heterocycles. The molecule has 3 rings (SSSR count). The summed E-state index contributed by atoms with van der Waals surface area (Å²) < 4.78 is 6.38. The summed E-state index contributed by atoms with van der Waals surface area (Å²) in [4.78, 5) is 19.7. The zero-order valence-electron chi connectivity index (χ0n) is 23.8. The molecule has 1 N–H and O–H groups in total. The van der Waals surface area contributed by atoms with Crippen LogP contribution in [0, 0.1) is 0 Å². The fourth-order valence-electron chi connectivity index (χ4n) is 4.89. The van der Waals surface area contributed by atoms with Crippen LogP contribution in [-0.4, -0.2) is 45.9 Å². The maximum Gasteiger partial charge on any atom is 0.222 e. The van der Waals surface area contributed by atoms with E-state index in [4.69, 9.17) is 4.74 Å². The SMILES string of the molecule is CN(Cc1cccnc1)C(=O)CCCO[C@H]1CCCC[C@@H]1Sc1cc(C(C)(C)C)c(O)c(C(C)(C)C)c1. The van der Waals surface area contributed by atoms with Crippen molar-refractivity contribution in [1.82, 2.24) is 9.88 Å². The monoisotopic (exact) mass is 526 g/mol. The lowest BCUT2D eigenvalue weighted by Crippen LogP contribution is -2.31. The van der Waals surface area contributed by atoms with Gasteiger partial charge in [-0.15, -0.1) is 11.8 Å². The van der Waals surface area contributed by atoms with Gasteiger partial charge < -0.3 is 14.7 Å². The summed E-state index contributed by atoms with van der Waals surface area (Å²) in [5.74, 6) is 0.564. The number of phenols is 1. The van der Waals surface area contributed by atoms with Crippen LogP contribution in [0.25, 0.3) is 0 Å². The highest BCUT2D eigenvalue weighted by molar-refractivity contribution is 8.00. The number of carbonyl (C=O) groups is 1. The summed E-state index contributed by atoms with van der Waals surface area (Å²) in [7, 11) is 1.85. The van der Waals surface area contributed by atoms with E-state index in [0.29, 0.717) is 30.6 Å². The van der Waals surface area contributed by atoms with E-state index in [9.17, 15) is 9.90 Å². The Kier molecular flexibility index (Phi) is 10.1. The van der Waals surface area contributed by atoms with E-state index in [0.717, 1.165) is 36.0 Å². The van der Waals surface area contributed by atoms with E-state index in [1.807, 2.05) is 30.9 Å². The van der Waals surface area contributed by atoms with Gasteiger partial charge in [0, 0.05) is 60.3 Å². The molecule has 1 saturated carbocycles. The molecule has 1 aromatic carbocycles. The second-order valence-electron chi connectivity index (χ2n) is 12.4. The summed E-state index contributed by atoms with van der Waals surface area (Å²) in [6, 6.07) is 8.24. The van der Waals surface area contributed by atoms with Crippen LogP contribution in [0.3, 0.4) is 0 Å². The zero-order valence-corrected chi connectivity index (χ0v) is 24.7. The second kappa shape index (κ2) is 12.7. The molecular formula is C31H46N2O3S. The van der Waals surface area contributed by atoms with Crippen LogP contribution in [0.4, 0.5) is 0 Å². The van der Waals surface area contributed by atoms with E-state index in [-0.39, 0.29) is 22.8 Å².